The van der Waals surface area contributed by atoms with Gasteiger partial charge in [0, 0.05) is 17.2 Å². The molecule has 174 valence electrons. The number of ether oxygens (including phenoxy) is 1. The van der Waals surface area contributed by atoms with Crippen LogP contribution >= 0.6 is 11.3 Å². The van der Waals surface area contributed by atoms with Crippen molar-refractivity contribution < 1.29 is 14.3 Å². The molecule has 0 bridgehead atoms. The van der Waals surface area contributed by atoms with E-state index in [4.69, 9.17) is 4.74 Å². The van der Waals surface area contributed by atoms with E-state index in [2.05, 4.69) is 10.4 Å². The molecule has 1 aromatic carbocycles. The van der Waals surface area contributed by atoms with Gasteiger partial charge in [0.1, 0.15) is 5.00 Å². The van der Waals surface area contributed by atoms with Crippen LogP contribution in [-0.4, -0.2) is 28.3 Å². The Morgan fingerprint density at radius 2 is 1.94 bits per heavy atom. The second kappa shape index (κ2) is 9.87. The number of thiophene rings is 1. The van der Waals surface area contributed by atoms with Crippen LogP contribution in [0.3, 0.4) is 0 Å². The van der Waals surface area contributed by atoms with Crippen molar-refractivity contribution in [1.82, 2.24) is 9.78 Å². The third-order valence-electron chi connectivity index (χ3n) is 6.31. The maximum atomic E-state index is 13.5. The van der Waals surface area contributed by atoms with Gasteiger partial charge in [-0.3, -0.25) is 9.59 Å². The van der Waals surface area contributed by atoms with Crippen LogP contribution in [0.1, 0.15) is 67.1 Å². The first-order valence-corrected chi connectivity index (χ1v) is 12.4. The van der Waals surface area contributed by atoms with Gasteiger partial charge < -0.3 is 10.1 Å². The average Bonchev–Trinajstić information content (AvgIpc) is 3.21. The first-order chi connectivity index (χ1) is 15.9. The number of benzene rings is 1. The van der Waals surface area contributed by atoms with Gasteiger partial charge in [-0.25, -0.2) is 4.79 Å². The van der Waals surface area contributed by atoms with Gasteiger partial charge in [-0.2, -0.15) is 9.78 Å². The monoisotopic (exact) mass is 467 g/mol. The third-order valence-corrected chi connectivity index (χ3v) is 7.20. The molecule has 1 aliphatic rings. The van der Waals surface area contributed by atoms with Crippen LogP contribution in [0.15, 0.2) is 28.4 Å². The number of rotatable bonds is 6. The number of hydrogen-bond donors (Lipinski definition) is 1. The number of anilines is 1. The van der Waals surface area contributed by atoms with E-state index in [-0.39, 0.29) is 29.2 Å². The van der Waals surface area contributed by atoms with Crippen molar-refractivity contribution in [3.8, 4) is 5.69 Å². The van der Waals surface area contributed by atoms with Gasteiger partial charge in [0.05, 0.1) is 17.7 Å². The smallest absolute Gasteiger partial charge is 0.359 e. The molecule has 7 nitrogen and oxygen atoms in total. The molecule has 0 atom stereocenters. The van der Waals surface area contributed by atoms with E-state index in [0.29, 0.717) is 28.4 Å². The van der Waals surface area contributed by atoms with Crippen LogP contribution in [0.25, 0.3) is 16.5 Å². The molecule has 1 fully saturated rings. The summed E-state index contributed by atoms with van der Waals surface area (Å²) < 4.78 is 6.43. The molecule has 8 heteroatoms. The SMILES string of the molecule is CCOC(=O)c1nn(-c2ccc(C)c(C)c2)c(=O)c2c(NC(=O)CC3CCCCC3)scc12. The number of carbonyl (C=O) groups excluding carboxylic acids is 2. The second-order valence-corrected chi connectivity index (χ2v) is 9.54. The molecule has 2 aromatic heterocycles. The van der Waals surface area contributed by atoms with E-state index >= 15 is 0 Å². The summed E-state index contributed by atoms with van der Waals surface area (Å²) in [5.74, 6) is -0.316. The normalized spacial score (nSPS) is 14.4. The Morgan fingerprint density at radius 1 is 1.18 bits per heavy atom. The van der Waals surface area contributed by atoms with E-state index in [9.17, 15) is 14.4 Å². The second-order valence-electron chi connectivity index (χ2n) is 8.66. The number of nitrogens with zero attached hydrogens (tertiary/aromatic N) is 2. The zero-order valence-corrected chi connectivity index (χ0v) is 20.1. The van der Waals surface area contributed by atoms with Gasteiger partial charge in [0.25, 0.3) is 5.56 Å². The fourth-order valence-corrected chi connectivity index (χ4v) is 5.31. The summed E-state index contributed by atoms with van der Waals surface area (Å²) in [6, 6.07) is 5.57. The largest absolute Gasteiger partial charge is 0.461 e. The van der Waals surface area contributed by atoms with Crippen LogP contribution in [0.4, 0.5) is 5.00 Å². The lowest BCUT2D eigenvalue weighted by atomic mass is 9.87. The zero-order chi connectivity index (χ0) is 23.5. The number of amides is 1. The van der Waals surface area contributed by atoms with Crippen molar-refractivity contribution in [3.05, 3.63) is 50.8 Å². The lowest BCUT2D eigenvalue weighted by molar-refractivity contribution is -0.117. The van der Waals surface area contributed by atoms with Crippen molar-refractivity contribution in [2.24, 2.45) is 5.92 Å². The quantitative estimate of drug-likeness (QED) is 0.506. The molecular formula is C25H29N3O4S. The van der Waals surface area contributed by atoms with Crippen molar-refractivity contribution in [1.29, 1.82) is 0 Å². The molecule has 1 amide bonds. The van der Waals surface area contributed by atoms with Crippen molar-refractivity contribution in [2.75, 3.05) is 11.9 Å². The minimum absolute atomic E-state index is 0.0636. The lowest BCUT2D eigenvalue weighted by Crippen LogP contribution is -2.26. The highest BCUT2D eigenvalue weighted by Gasteiger charge is 2.24. The molecule has 33 heavy (non-hydrogen) atoms. The van der Waals surface area contributed by atoms with Crippen LogP contribution in [0.5, 0.6) is 0 Å². The van der Waals surface area contributed by atoms with E-state index in [0.717, 1.165) is 36.8 Å². The number of nitrogens with one attached hydrogen (secondary N) is 1. The molecule has 0 unspecified atom stereocenters. The average molecular weight is 468 g/mol. The summed E-state index contributed by atoms with van der Waals surface area (Å²) in [6.07, 6.45) is 6.13. The maximum Gasteiger partial charge on any atom is 0.359 e. The Morgan fingerprint density at radius 3 is 2.64 bits per heavy atom. The van der Waals surface area contributed by atoms with Gasteiger partial charge in [-0.15, -0.1) is 11.3 Å². The van der Waals surface area contributed by atoms with Gasteiger partial charge in [0.2, 0.25) is 5.91 Å². The lowest BCUT2D eigenvalue weighted by Gasteiger charge is -2.20. The summed E-state index contributed by atoms with van der Waals surface area (Å²) in [5.41, 5.74) is 2.33. The first kappa shape index (κ1) is 23.2. The van der Waals surface area contributed by atoms with E-state index in [1.807, 2.05) is 26.0 Å². The summed E-state index contributed by atoms with van der Waals surface area (Å²) in [5, 5.41) is 10.1. The fraction of sp³-hybridized carbons (Fsp3) is 0.440. The molecule has 0 saturated heterocycles. The van der Waals surface area contributed by atoms with E-state index in [1.165, 1.54) is 22.4 Å². The Labute approximate surface area is 196 Å². The van der Waals surface area contributed by atoms with E-state index in [1.54, 1.807) is 18.4 Å². The molecular weight excluding hydrogens is 438 g/mol. The zero-order valence-electron chi connectivity index (χ0n) is 19.3. The molecule has 2 heterocycles. The molecule has 4 rings (SSSR count). The molecule has 1 aliphatic carbocycles. The van der Waals surface area contributed by atoms with E-state index < -0.39 is 5.97 Å². The van der Waals surface area contributed by atoms with Crippen LogP contribution in [0, 0.1) is 19.8 Å². The Bertz CT molecular complexity index is 1250. The number of aryl methyl sites for hydroxylation is 2. The maximum absolute atomic E-state index is 13.5. The number of fused-ring (bicyclic) bond motifs is 1. The summed E-state index contributed by atoms with van der Waals surface area (Å²) in [7, 11) is 0. The Kier molecular flexibility index (Phi) is 6.93. The number of aromatic nitrogens is 2. The fourth-order valence-electron chi connectivity index (χ4n) is 4.36. The minimum Gasteiger partial charge on any atom is -0.461 e. The van der Waals surface area contributed by atoms with Crippen LogP contribution in [0.2, 0.25) is 0 Å². The third kappa shape index (κ3) is 4.85. The predicted octanol–water partition coefficient (Wildman–Crippen LogP) is 5.15. The predicted molar refractivity (Wildman–Crippen MR) is 130 cm³/mol. The highest BCUT2D eigenvalue weighted by Crippen LogP contribution is 2.32. The summed E-state index contributed by atoms with van der Waals surface area (Å²) in [6.45, 7) is 5.86. The van der Waals surface area contributed by atoms with Crippen molar-refractivity contribution >= 4 is 39.0 Å². The molecule has 1 saturated carbocycles. The van der Waals surface area contributed by atoms with Gasteiger partial charge in [-0.1, -0.05) is 25.3 Å². The highest BCUT2D eigenvalue weighted by molar-refractivity contribution is 7.16. The number of hydrogen-bond acceptors (Lipinski definition) is 6. The van der Waals surface area contributed by atoms with Gasteiger partial charge in [0.15, 0.2) is 5.69 Å². The molecule has 0 radical (unpaired) electrons. The molecule has 1 N–H and O–H groups in total. The first-order valence-electron chi connectivity index (χ1n) is 11.5. The van der Waals surface area contributed by atoms with Crippen molar-refractivity contribution in [3.63, 3.8) is 0 Å². The van der Waals surface area contributed by atoms with Gasteiger partial charge in [-0.05, 0) is 62.8 Å². The molecule has 0 aliphatic heterocycles. The number of esters is 1. The van der Waals surface area contributed by atoms with Crippen LogP contribution in [-0.2, 0) is 9.53 Å². The number of carbonyl (C=O) groups is 2. The van der Waals surface area contributed by atoms with Crippen LogP contribution < -0.4 is 10.9 Å². The standard InChI is InChI=1S/C25H29N3O4S/c1-4-32-25(31)22-19-14-33-23(26-20(29)13-17-8-6-5-7-9-17)21(19)24(30)28(27-22)18-11-10-15(2)16(3)12-18/h10-12,14,17H,4-9,13H2,1-3H3,(H,26,29). The minimum atomic E-state index is -0.599. The summed E-state index contributed by atoms with van der Waals surface area (Å²) in [4.78, 5) is 39.0. The topological polar surface area (TPSA) is 90.3 Å². The molecule has 0 spiro atoms. The Hall–Kier alpha value is -3.00. The highest BCUT2D eigenvalue weighted by atomic mass is 32.1. The molecule has 3 aromatic rings. The van der Waals surface area contributed by atoms with Gasteiger partial charge >= 0.3 is 5.97 Å². The van der Waals surface area contributed by atoms with Crippen molar-refractivity contribution in [2.45, 2.75) is 59.3 Å². The summed E-state index contributed by atoms with van der Waals surface area (Å²) >= 11 is 1.23. The Balaban J connectivity index is 1.78.